The predicted molar refractivity (Wildman–Crippen MR) is 63.4 cm³/mol. The molecule has 0 aliphatic carbocycles. The molecule has 0 bridgehead atoms. The Morgan fingerprint density at radius 2 is 2.25 bits per heavy atom. The van der Waals surface area contributed by atoms with Crippen LogP contribution < -0.4 is 0 Å². The lowest BCUT2D eigenvalue weighted by molar-refractivity contribution is -0.565. The Hall–Kier alpha value is -1.23. The highest BCUT2D eigenvalue weighted by atomic mass is 32.1. The molecule has 0 amide bonds. The summed E-state index contributed by atoms with van der Waals surface area (Å²) in [7, 11) is 0. The third kappa shape index (κ3) is 2.66. The number of Topliss-reactive ketones (excluding diaryl/α,β-unsaturated/α-hetero) is 1. The van der Waals surface area contributed by atoms with Gasteiger partial charge in [0.25, 0.3) is 0 Å². The van der Waals surface area contributed by atoms with Crippen molar-refractivity contribution in [3.8, 4) is 0 Å². The van der Waals surface area contributed by atoms with Gasteiger partial charge < -0.3 is 4.79 Å². The molecule has 0 aliphatic rings. The van der Waals surface area contributed by atoms with E-state index in [0.29, 0.717) is 0 Å². The number of hydrogen-bond donors (Lipinski definition) is 0. The van der Waals surface area contributed by atoms with E-state index >= 15 is 0 Å². The highest BCUT2D eigenvalue weighted by molar-refractivity contribution is 7.10. The van der Waals surface area contributed by atoms with Gasteiger partial charge in [-0.15, -0.1) is 11.3 Å². The van der Waals surface area contributed by atoms with E-state index in [4.69, 9.17) is 0 Å². The van der Waals surface area contributed by atoms with Gasteiger partial charge in [0.2, 0.25) is 5.54 Å². The zero-order chi connectivity index (χ0) is 12.3. The maximum absolute atomic E-state index is 11.2. The fourth-order valence-electron chi connectivity index (χ4n) is 1.60. The largest absolute Gasteiger partial charge is 0.300 e. The molecule has 1 aromatic rings. The van der Waals surface area contributed by atoms with Gasteiger partial charge in [-0.05, 0) is 18.4 Å². The van der Waals surface area contributed by atoms with Crippen molar-refractivity contribution in [1.29, 1.82) is 0 Å². The Labute approximate surface area is 98.4 Å². The molecular formula is C11H15NO3S. The predicted octanol–water partition coefficient (Wildman–Crippen LogP) is 2.87. The summed E-state index contributed by atoms with van der Waals surface area (Å²) in [5, 5.41) is 12.9. The van der Waals surface area contributed by atoms with Crippen LogP contribution in [-0.2, 0) is 4.79 Å². The maximum atomic E-state index is 11.2. The van der Waals surface area contributed by atoms with Gasteiger partial charge >= 0.3 is 0 Å². The Kier molecular flexibility index (Phi) is 3.80. The summed E-state index contributed by atoms with van der Waals surface area (Å²) in [5.41, 5.74) is -1.11. The standard InChI is InChI=1S/C11H15NO3S/c1-8(13)7-9(10-5-4-6-16-10)11(2,3)12(14)15/h4-6,9H,7H2,1-3H3/t9-/m0/s1. The SMILES string of the molecule is CC(=O)C[C@@H](c1cccs1)C(C)(C)[N+](=O)[O-]. The first-order chi connectivity index (χ1) is 7.35. The van der Waals surface area contributed by atoms with Crippen LogP contribution in [-0.4, -0.2) is 16.2 Å². The van der Waals surface area contributed by atoms with Crippen molar-refractivity contribution in [2.24, 2.45) is 0 Å². The van der Waals surface area contributed by atoms with E-state index in [1.807, 2.05) is 17.5 Å². The summed E-state index contributed by atoms with van der Waals surface area (Å²) < 4.78 is 0. The van der Waals surface area contributed by atoms with Crippen molar-refractivity contribution in [3.05, 3.63) is 32.5 Å². The molecule has 5 heteroatoms. The van der Waals surface area contributed by atoms with Crippen molar-refractivity contribution in [2.75, 3.05) is 0 Å². The van der Waals surface area contributed by atoms with E-state index in [1.165, 1.54) is 18.3 Å². The summed E-state index contributed by atoms with van der Waals surface area (Å²) in [6, 6.07) is 3.70. The van der Waals surface area contributed by atoms with Gasteiger partial charge in [-0.2, -0.15) is 0 Å². The lowest BCUT2D eigenvalue weighted by Gasteiger charge is -2.25. The fraction of sp³-hybridized carbons (Fsp3) is 0.545. The monoisotopic (exact) mass is 241 g/mol. The maximum Gasteiger partial charge on any atom is 0.224 e. The summed E-state index contributed by atoms with van der Waals surface area (Å²) in [6.07, 6.45) is 0.217. The summed E-state index contributed by atoms with van der Waals surface area (Å²) in [6.45, 7) is 4.61. The van der Waals surface area contributed by atoms with Gasteiger partial charge in [0.15, 0.2) is 0 Å². The number of nitro groups is 1. The van der Waals surface area contributed by atoms with Crippen molar-refractivity contribution in [3.63, 3.8) is 0 Å². The van der Waals surface area contributed by atoms with Crippen molar-refractivity contribution < 1.29 is 9.72 Å². The molecule has 16 heavy (non-hydrogen) atoms. The number of nitrogens with zero attached hydrogens (tertiary/aromatic N) is 1. The molecule has 1 rings (SSSR count). The number of hydrogen-bond acceptors (Lipinski definition) is 4. The van der Waals surface area contributed by atoms with Crippen LogP contribution in [0.25, 0.3) is 0 Å². The van der Waals surface area contributed by atoms with Crippen LogP contribution in [0.15, 0.2) is 17.5 Å². The fourth-order valence-corrected chi connectivity index (χ4v) is 2.61. The normalized spacial score (nSPS) is 13.4. The Morgan fingerprint density at radius 1 is 1.62 bits per heavy atom. The summed E-state index contributed by atoms with van der Waals surface area (Å²) >= 11 is 1.46. The van der Waals surface area contributed by atoms with Gasteiger partial charge in [0.1, 0.15) is 5.78 Å². The van der Waals surface area contributed by atoms with Crippen LogP contribution in [0, 0.1) is 10.1 Å². The quantitative estimate of drug-likeness (QED) is 0.588. The number of rotatable bonds is 5. The number of carbonyl (C=O) groups excluding carboxylic acids is 1. The van der Waals surface area contributed by atoms with Crippen LogP contribution in [0.1, 0.15) is 38.0 Å². The van der Waals surface area contributed by atoms with Crippen LogP contribution in [0.3, 0.4) is 0 Å². The van der Waals surface area contributed by atoms with Crippen LogP contribution in [0.4, 0.5) is 0 Å². The molecular weight excluding hydrogens is 226 g/mol. The second-order valence-electron chi connectivity index (χ2n) is 4.38. The molecule has 0 saturated heterocycles. The molecule has 88 valence electrons. The minimum atomic E-state index is -1.11. The van der Waals surface area contributed by atoms with E-state index in [-0.39, 0.29) is 23.0 Å². The number of ketones is 1. The third-order valence-corrected chi connectivity index (χ3v) is 3.69. The van der Waals surface area contributed by atoms with Gasteiger partial charge in [-0.1, -0.05) is 6.07 Å². The van der Waals surface area contributed by atoms with Crippen molar-refractivity contribution >= 4 is 17.1 Å². The first kappa shape index (κ1) is 12.8. The zero-order valence-electron chi connectivity index (χ0n) is 9.60. The highest BCUT2D eigenvalue weighted by Gasteiger charge is 2.42. The second-order valence-corrected chi connectivity index (χ2v) is 5.36. The molecule has 0 unspecified atom stereocenters. The van der Waals surface area contributed by atoms with Gasteiger partial charge in [-0.25, -0.2) is 0 Å². The molecule has 4 nitrogen and oxygen atoms in total. The van der Waals surface area contributed by atoms with Crippen LogP contribution in [0.5, 0.6) is 0 Å². The highest BCUT2D eigenvalue weighted by Crippen LogP contribution is 2.36. The number of thiophene rings is 1. The van der Waals surface area contributed by atoms with Gasteiger partial charge in [0.05, 0.1) is 5.92 Å². The lowest BCUT2D eigenvalue weighted by Crippen LogP contribution is -2.38. The molecule has 0 aliphatic heterocycles. The molecule has 0 N–H and O–H groups in total. The second kappa shape index (κ2) is 4.74. The molecule has 1 aromatic heterocycles. The van der Waals surface area contributed by atoms with Gasteiger partial charge in [0, 0.05) is 30.1 Å². The summed E-state index contributed by atoms with van der Waals surface area (Å²) in [5.74, 6) is -0.367. The van der Waals surface area contributed by atoms with Gasteiger partial charge in [-0.3, -0.25) is 10.1 Å². The third-order valence-electron chi connectivity index (χ3n) is 2.70. The van der Waals surface area contributed by atoms with E-state index < -0.39 is 5.54 Å². The van der Waals surface area contributed by atoms with Crippen LogP contribution in [0.2, 0.25) is 0 Å². The Morgan fingerprint density at radius 3 is 2.62 bits per heavy atom. The molecule has 0 radical (unpaired) electrons. The molecule has 1 heterocycles. The average Bonchev–Trinajstić information content (AvgIpc) is 2.65. The van der Waals surface area contributed by atoms with E-state index in [2.05, 4.69) is 0 Å². The minimum absolute atomic E-state index is 0.0201. The first-order valence-electron chi connectivity index (χ1n) is 5.03. The molecule has 0 fully saturated rings. The smallest absolute Gasteiger partial charge is 0.224 e. The van der Waals surface area contributed by atoms with E-state index in [9.17, 15) is 14.9 Å². The summed E-state index contributed by atoms with van der Waals surface area (Å²) in [4.78, 5) is 22.8. The zero-order valence-corrected chi connectivity index (χ0v) is 10.4. The number of carbonyl (C=O) groups is 1. The van der Waals surface area contributed by atoms with Crippen molar-refractivity contribution in [2.45, 2.75) is 38.6 Å². The minimum Gasteiger partial charge on any atom is -0.300 e. The molecule has 1 atom stereocenters. The van der Waals surface area contributed by atoms with E-state index in [1.54, 1.807) is 13.8 Å². The topological polar surface area (TPSA) is 60.2 Å². The molecule has 0 saturated carbocycles. The molecule has 0 aromatic carbocycles. The van der Waals surface area contributed by atoms with Crippen LogP contribution >= 0.6 is 11.3 Å². The van der Waals surface area contributed by atoms with Crippen molar-refractivity contribution in [1.82, 2.24) is 0 Å². The Balaban J connectivity index is 3.06. The molecule has 0 spiro atoms. The first-order valence-corrected chi connectivity index (χ1v) is 5.91. The Bertz CT molecular complexity index is 384. The van der Waals surface area contributed by atoms with E-state index in [0.717, 1.165) is 4.88 Å². The average molecular weight is 241 g/mol. The lowest BCUT2D eigenvalue weighted by atomic mass is 9.83.